The maximum atomic E-state index is 11.1. The zero-order chi connectivity index (χ0) is 13.3. The van der Waals surface area contributed by atoms with Gasteiger partial charge in [-0.2, -0.15) is 0 Å². The van der Waals surface area contributed by atoms with Gasteiger partial charge in [-0.05, 0) is 36.7 Å². The lowest BCUT2D eigenvalue weighted by Gasteiger charge is -2.33. The SMILES string of the molecule is CNC(c1ccc2oc(=O)[nH]c2c1)C(C)(C)CN. The van der Waals surface area contributed by atoms with E-state index in [1.165, 1.54) is 0 Å². The lowest BCUT2D eigenvalue weighted by molar-refractivity contribution is 0.266. The van der Waals surface area contributed by atoms with Gasteiger partial charge in [0.25, 0.3) is 0 Å². The van der Waals surface area contributed by atoms with Gasteiger partial charge in [0.2, 0.25) is 0 Å². The van der Waals surface area contributed by atoms with Gasteiger partial charge in [0.05, 0.1) is 5.52 Å². The monoisotopic (exact) mass is 249 g/mol. The van der Waals surface area contributed by atoms with Crippen LogP contribution in [0.3, 0.4) is 0 Å². The van der Waals surface area contributed by atoms with Crippen molar-refractivity contribution in [1.82, 2.24) is 10.3 Å². The molecule has 0 bridgehead atoms. The van der Waals surface area contributed by atoms with Crippen molar-refractivity contribution in [3.63, 3.8) is 0 Å². The highest BCUT2D eigenvalue weighted by Gasteiger charge is 2.28. The van der Waals surface area contributed by atoms with E-state index in [2.05, 4.69) is 24.1 Å². The molecular weight excluding hydrogens is 230 g/mol. The average molecular weight is 249 g/mol. The normalized spacial score (nSPS) is 14.0. The van der Waals surface area contributed by atoms with E-state index in [9.17, 15) is 4.79 Å². The second kappa shape index (κ2) is 4.59. The fraction of sp³-hybridized carbons (Fsp3) is 0.462. The van der Waals surface area contributed by atoms with Crippen LogP contribution in [0, 0.1) is 5.41 Å². The lowest BCUT2D eigenvalue weighted by Crippen LogP contribution is -2.37. The lowest BCUT2D eigenvalue weighted by atomic mass is 9.80. The highest BCUT2D eigenvalue weighted by molar-refractivity contribution is 5.73. The molecule has 0 aliphatic heterocycles. The van der Waals surface area contributed by atoms with E-state index < -0.39 is 5.76 Å². The maximum absolute atomic E-state index is 11.1. The molecule has 4 N–H and O–H groups in total. The molecule has 1 unspecified atom stereocenters. The van der Waals surface area contributed by atoms with Gasteiger partial charge >= 0.3 is 5.76 Å². The third-order valence-corrected chi connectivity index (χ3v) is 3.37. The first kappa shape index (κ1) is 12.9. The highest BCUT2D eigenvalue weighted by atomic mass is 16.4. The van der Waals surface area contributed by atoms with Gasteiger partial charge in [-0.25, -0.2) is 4.79 Å². The minimum Gasteiger partial charge on any atom is -0.408 e. The Labute approximate surface area is 105 Å². The summed E-state index contributed by atoms with van der Waals surface area (Å²) in [7, 11) is 1.91. The molecule has 1 aromatic heterocycles. The van der Waals surface area contributed by atoms with E-state index in [1.54, 1.807) is 6.07 Å². The quantitative estimate of drug-likeness (QED) is 0.764. The summed E-state index contributed by atoms with van der Waals surface area (Å²) >= 11 is 0. The molecule has 1 heterocycles. The second-order valence-electron chi connectivity index (χ2n) is 5.18. The van der Waals surface area contributed by atoms with E-state index in [0.29, 0.717) is 17.6 Å². The number of nitrogens with two attached hydrogens (primary N) is 1. The molecule has 0 amide bonds. The number of aromatic nitrogens is 1. The van der Waals surface area contributed by atoms with Crippen molar-refractivity contribution in [2.24, 2.45) is 11.1 Å². The Morgan fingerprint density at radius 3 is 2.83 bits per heavy atom. The van der Waals surface area contributed by atoms with E-state index >= 15 is 0 Å². The molecule has 2 rings (SSSR count). The molecule has 0 aliphatic carbocycles. The summed E-state index contributed by atoms with van der Waals surface area (Å²) in [6, 6.07) is 5.81. The Bertz CT molecular complexity index is 598. The van der Waals surface area contributed by atoms with Gasteiger partial charge in [-0.15, -0.1) is 0 Å². The summed E-state index contributed by atoms with van der Waals surface area (Å²) in [4.78, 5) is 13.8. The predicted molar refractivity (Wildman–Crippen MR) is 71.5 cm³/mol. The fourth-order valence-electron chi connectivity index (χ4n) is 2.28. The van der Waals surface area contributed by atoms with E-state index in [-0.39, 0.29) is 11.5 Å². The molecule has 0 spiro atoms. The first-order valence-electron chi connectivity index (χ1n) is 5.98. The maximum Gasteiger partial charge on any atom is 0.417 e. The number of aromatic amines is 1. The molecule has 0 saturated heterocycles. The molecule has 1 atom stereocenters. The third kappa shape index (κ3) is 2.19. The zero-order valence-corrected chi connectivity index (χ0v) is 10.9. The zero-order valence-electron chi connectivity index (χ0n) is 10.9. The molecule has 5 nitrogen and oxygen atoms in total. The second-order valence-corrected chi connectivity index (χ2v) is 5.18. The van der Waals surface area contributed by atoms with Crippen molar-refractivity contribution in [3.8, 4) is 0 Å². The number of oxazole rings is 1. The molecule has 1 aromatic carbocycles. The minimum atomic E-state index is -0.429. The smallest absolute Gasteiger partial charge is 0.408 e. The van der Waals surface area contributed by atoms with Gasteiger partial charge < -0.3 is 15.5 Å². The Kier molecular flexibility index (Phi) is 3.28. The van der Waals surface area contributed by atoms with Crippen LogP contribution in [0.1, 0.15) is 25.5 Å². The van der Waals surface area contributed by atoms with Crippen molar-refractivity contribution in [2.45, 2.75) is 19.9 Å². The number of H-pyrrole nitrogens is 1. The van der Waals surface area contributed by atoms with Crippen molar-refractivity contribution < 1.29 is 4.42 Å². The number of fused-ring (bicyclic) bond motifs is 1. The van der Waals surface area contributed by atoms with Crippen LogP contribution >= 0.6 is 0 Å². The number of rotatable bonds is 4. The summed E-state index contributed by atoms with van der Waals surface area (Å²) in [6.45, 7) is 4.78. The van der Waals surface area contributed by atoms with Crippen LogP contribution in [-0.2, 0) is 0 Å². The molecule has 0 radical (unpaired) electrons. The summed E-state index contributed by atoms with van der Waals surface area (Å²) in [5.74, 6) is -0.429. The average Bonchev–Trinajstić information content (AvgIpc) is 2.69. The largest absolute Gasteiger partial charge is 0.417 e. The van der Waals surface area contributed by atoms with E-state index in [4.69, 9.17) is 10.2 Å². The van der Waals surface area contributed by atoms with Crippen LogP contribution < -0.4 is 16.8 Å². The molecule has 0 saturated carbocycles. The summed E-state index contributed by atoms with van der Waals surface area (Å²) in [5, 5.41) is 3.28. The Morgan fingerprint density at radius 1 is 1.50 bits per heavy atom. The number of nitrogens with one attached hydrogen (secondary N) is 2. The Hall–Kier alpha value is -1.59. The number of hydrogen-bond acceptors (Lipinski definition) is 4. The predicted octanol–water partition coefficient (Wildman–Crippen LogP) is 1.37. The Balaban J connectivity index is 2.48. The molecule has 5 heteroatoms. The first-order valence-corrected chi connectivity index (χ1v) is 5.98. The number of hydrogen-bond donors (Lipinski definition) is 3. The summed E-state index contributed by atoms with van der Waals surface area (Å²) in [6.07, 6.45) is 0. The molecular formula is C13H19N3O2. The summed E-state index contributed by atoms with van der Waals surface area (Å²) < 4.78 is 4.99. The van der Waals surface area contributed by atoms with E-state index in [1.807, 2.05) is 19.2 Å². The van der Waals surface area contributed by atoms with Crippen molar-refractivity contribution >= 4 is 11.1 Å². The van der Waals surface area contributed by atoms with Crippen LogP contribution in [0.25, 0.3) is 11.1 Å². The van der Waals surface area contributed by atoms with Crippen molar-refractivity contribution in [1.29, 1.82) is 0 Å². The molecule has 18 heavy (non-hydrogen) atoms. The highest BCUT2D eigenvalue weighted by Crippen LogP contribution is 2.32. The standard InChI is InChI=1S/C13H19N3O2/c1-13(2,7-14)11(15-3)8-4-5-10-9(6-8)16-12(17)18-10/h4-6,11,15H,7,14H2,1-3H3,(H,16,17). The van der Waals surface area contributed by atoms with Crippen molar-refractivity contribution in [2.75, 3.05) is 13.6 Å². The molecule has 98 valence electrons. The van der Waals surface area contributed by atoms with Gasteiger partial charge in [0.1, 0.15) is 0 Å². The van der Waals surface area contributed by atoms with Crippen LogP contribution in [0.5, 0.6) is 0 Å². The van der Waals surface area contributed by atoms with Gasteiger partial charge in [-0.3, -0.25) is 4.98 Å². The number of benzene rings is 1. The van der Waals surface area contributed by atoms with Gasteiger partial charge in [-0.1, -0.05) is 19.9 Å². The summed E-state index contributed by atoms with van der Waals surface area (Å²) in [5.41, 5.74) is 8.11. The fourth-order valence-corrected chi connectivity index (χ4v) is 2.28. The first-order chi connectivity index (χ1) is 8.47. The molecule has 2 aromatic rings. The van der Waals surface area contributed by atoms with Crippen LogP contribution in [0.2, 0.25) is 0 Å². The Morgan fingerprint density at radius 2 is 2.22 bits per heavy atom. The van der Waals surface area contributed by atoms with Gasteiger partial charge in [0, 0.05) is 6.04 Å². The topological polar surface area (TPSA) is 84.0 Å². The van der Waals surface area contributed by atoms with E-state index in [0.717, 1.165) is 5.56 Å². The minimum absolute atomic E-state index is 0.0769. The molecule has 0 aliphatic rings. The van der Waals surface area contributed by atoms with Crippen LogP contribution in [0.15, 0.2) is 27.4 Å². The van der Waals surface area contributed by atoms with Crippen LogP contribution in [0.4, 0.5) is 0 Å². The van der Waals surface area contributed by atoms with Gasteiger partial charge in [0.15, 0.2) is 5.58 Å². The van der Waals surface area contributed by atoms with Crippen molar-refractivity contribution in [3.05, 3.63) is 34.3 Å². The van der Waals surface area contributed by atoms with Crippen LogP contribution in [-0.4, -0.2) is 18.6 Å². The third-order valence-electron chi connectivity index (χ3n) is 3.37. The molecule has 0 fully saturated rings.